The van der Waals surface area contributed by atoms with Crippen LogP contribution in [-0.4, -0.2) is 24.4 Å². The maximum absolute atomic E-state index is 11.3. The molecule has 0 radical (unpaired) electrons. The molecule has 0 amide bonds. The van der Waals surface area contributed by atoms with Gasteiger partial charge in [0.15, 0.2) is 17.3 Å². The van der Waals surface area contributed by atoms with Crippen LogP contribution in [0.3, 0.4) is 0 Å². The number of Topliss-reactive ketones (excluding diaryl/α,β-unsaturated/α-hetero) is 1. The molecule has 0 aliphatic heterocycles. The van der Waals surface area contributed by atoms with Gasteiger partial charge in [-0.2, -0.15) is 0 Å². The van der Waals surface area contributed by atoms with Crippen molar-refractivity contribution in [2.45, 2.75) is 13.8 Å². The number of hydrogen-bond donors (Lipinski definition) is 0. The molecular formula is C11H13NO5. The molecule has 0 N–H and O–H groups in total. The number of nitro groups is 1. The second-order valence-corrected chi connectivity index (χ2v) is 3.27. The van der Waals surface area contributed by atoms with E-state index in [2.05, 4.69) is 0 Å². The smallest absolute Gasteiger partial charge is 0.284 e. The van der Waals surface area contributed by atoms with Gasteiger partial charge in [-0.1, -0.05) is 0 Å². The zero-order chi connectivity index (χ0) is 13.0. The number of methoxy groups -OCH3 is 1. The van der Waals surface area contributed by atoms with E-state index in [-0.39, 0.29) is 17.0 Å². The van der Waals surface area contributed by atoms with E-state index in [1.54, 1.807) is 6.92 Å². The van der Waals surface area contributed by atoms with E-state index in [0.29, 0.717) is 12.4 Å². The molecule has 1 aromatic carbocycles. The fourth-order valence-electron chi connectivity index (χ4n) is 1.41. The van der Waals surface area contributed by atoms with E-state index in [1.165, 1.54) is 26.2 Å². The maximum Gasteiger partial charge on any atom is 0.284 e. The van der Waals surface area contributed by atoms with Gasteiger partial charge in [0.25, 0.3) is 5.69 Å². The Labute approximate surface area is 98.3 Å². The fourth-order valence-corrected chi connectivity index (χ4v) is 1.41. The molecule has 1 rings (SSSR count). The topological polar surface area (TPSA) is 78.7 Å². The van der Waals surface area contributed by atoms with Crippen LogP contribution in [0, 0.1) is 10.1 Å². The molecule has 0 fully saturated rings. The van der Waals surface area contributed by atoms with Crippen LogP contribution in [0.25, 0.3) is 0 Å². The van der Waals surface area contributed by atoms with Crippen LogP contribution in [0.4, 0.5) is 5.69 Å². The fraction of sp³-hybridized carbons (Fsp3) is 0.364. The minimum atomic E-state index is -0.612. The third-order valence-corrected chi connectivity index (χ3v) is 2.16. The van der Waals surface area contributed by atoms with Gasteiger partial charge in [0.1, 0.15) is 0 Å². The summed E-state index contributed by atoms with van der Waals surface area (Å²) in [4.78, 5) is 21.5. The lowest BCUT2D eigenvalue weighted by Gasteiger charge is -2.10. The molecule has 0 aromatic heterocycles. The Morgan fingerprint density at radius 1 is 1.41 bits per heavy atom. The molecule has 0 spiro atoms. The lowest BCUT2D eigenvalue weighted by Crippen LogP contribution is -2.03. The molecule has 0 aliphatic rings. The Morgan fingerprint density at radius 3 is 2.47 bits per heavy atom. The van der Waals surface area contributed by atoms with Crippen LogP contribution in [0.2, 0.25) is 0 Å². The number of nitro benzene ring substituents is 1. The maximum atomic E-state index is 11.3. The number of hydrogen-bond acceptors (Lipinski definition) is 5. The molecule has 6 heteroatoms. The second kappa shape index (κ2) is 5.29. The van der Waals surface area contributed by atoms with Crippen molar-refractivity contribution in [2.24, 2.45) is 0 Å². The average Bonchev–Trinajstić information content (AvgIpc) is 2.28. The minimum absolute atomic E-state index is 0.00954. The summed E-state index contributed by atoms with van der Waals surface area (Å²) in [7, 11) is 1.41. The highest BCUT2D eigenvalue weighted by Gasteiger charge is 2.22. The van der Waals surface area contributed by atoms with E-state index in [4.69, 9.17) is 9.47 Å². The summed E-state index contributed by atoms with van der Waals surface area (Å²) < 4.78 is 10.2. The number of rotatable bonds is 5. The van der Waals surface area contributed by atoms with Crippen molar-refractivity contribution < 1.29 is 19.2 Å². The Morgan fingerprint density at radius 2 is 2.06 bits per heavy atom. The standard InChI is InChI=1S/C11H13NO5/c1-4-17-11-6-9(12(14)15)8(7(2)13)5-10(11)16-3/h5-6H,4H2,1-3H3. The van der Waals surface area contributed by atoms with Crippen molar-refractivity contribution in [1.29, 1.82) is 0 Å². The highest BCUT2D eigenvalue weighted by Crippen LogP contribution is 2.34. The van der Waals surface area contributed by atoms with E-state index in [9.17, 15) is 14.9 Å². The molecule has 0 atom stereocenters. The van der Waals surface area contributed by atoms with Crippen LogP contribution in [0.15, 0.2) is 12.1 Å². The van der Waals surface area contributed by atoms with Crippen LogP contribution in [0.5, 0.6) is 11.5 Å². The minimum Gasteiger partial charge on any atom is -0.493 e. The number of carbonyl (C=O) groups is 1. The van der Waals surface area contributed by atoms with Crippen LogP contribution in [-0.2, 0) is 0 Å². The number of benzene rings is 1. The van der Waals surface area contributed by atoms with Crippen LogP contribution < -0.4 is 9.47 Å². The monoisotopic (exact) mass is 239 g/mol. The van der Waals surface area contributed by atoms with Crippen molar-refractivity contribution in [1.82, 2.24) is 0 Å². The van der Waals surface area contributed by atoms with Crippen molar-refractivity contribution in [3.05, 3.63) is 27.8 Å². The van der Waals surface area contributed by atoms with E-state index >= 15 is 0 Å². The van der Waals surface area contributed by atoms with Gasteiger partial charge < -0.3 is 9.47 Å². The normalized spacial score (nSPS) is 9.82. The second-order valence-electron chi connectivity index (χ2n) is 3.27. The van der Waals surface area contributed by atoms with Crippen molar-refractivity contribution in [2.75, 3.05) is 13.7 Å². The molecule has 0 saturated heterocycles. The molecule has 92 valence electrons. The largest absolute Gasteiger partial charge is 0.493 e. The van der Waals surface area contributed by atoms with Gasteiger partial charge in [0.05, 0.1) is 30.3 Å². The third kappa shape index (κ3) is 2.72. The Balaban J connectivity index is 3.42. The Hall–Kier alpha value is -2.11. The number of ketones is 1. The average molecular weight is 239 g/mol. The number of ether oxygens (including phenoxy) is 2. The number of nitrogens with zero attached hydrogens (tertiary/aromatic N) is 1. The van der Waals surface area contributed by atoms with Gasteiger partial charge in [-0.15, -0.1) is 0 Å². The molecule has 1 aromatic rings. The van der Waals surface area contributed by atoms with E-state index < -0.39 is 10.7 Å². The summed E-state index contributed by atoms with van der Waals surface area (Å²) in [6, 6.07) is 2.53. The van der Waals surface area contributed by atoms with Gasteiger partial charge in [-0.3, -0.25) is 14.9 Å². The summed E-state index contributed by atoms with van der Waals surface area (Å²) in [5.41, 5.74) is -0.267. The van der Waals surface area contributed by atoms with E-state index in [1.807, 2.05) is 0 Å². The van der Waals surface area contributed by atoms with Gasteiger partial charge in [0, 0.05) is 6.07 Å². The van der Waals surface area contributed by atoms with Gasteiger partial charge in [0.2, 0.25) is 0 Å². The predicted molar refractivity (Wildman–Crippen MR) is 60.8 cm³/mol. The highest BCUT2D eigenvalue weighted by atomic mass is 16.6. The molecule has 6 nitrogen and oxygen atoms in total. The zero-order valence-electron chi connectivity index (χ0n) is 9.85. The van der Waals surface area contributed by atoms with Crippen molar-refractivity contribution in [3.63, 3.8) is 0 Å². The number of carbonyl (C=O) groups excluding carboxylic acids is 1. The van der Waals surface area contributed by atoms with E-state index in [0.717, 1.165) is 0 Å². The zero-order valence-corrected chi connectivity index (χ0v) is 9.85. The Kier molecular flexibility index (Phi) is 4.03. The van der Waals surface area contributed by atoms with Crippen molar-refractivity contribution in [3.8, 4) is 11.5 Å². The summed E-state index contributed by atoms with van der Waals surface area (Å²) >= 11 is 0. The summed E-state index contributed by atoms with van der Waals surface area (Å²) in [5, 5.41) is 10.8. The summed E-state index contributed by atoms with van der Waals surface area (Å²) in [5.74, 6) is 0.174. The molecule has 0 unspecified atom stereocenters. The molecular weight excluding hydrogens is 226 g/mol. The molecule has 0 aliphatic carbocycles. The molecule has 0 bridgehead atoms. The van der Waals surface area contributed by atoms with Gasteiger partial charge >= 0.3 is 0 Å². The molecule has 0 heterocycles. The first kappa shape index (κ1) is 13.0. The molecule has 0 saturated carbocycles. The Bertz CT molecular complexity index is 455. The third-order valence-electron chi connectivity index (χ3n) is 2.16. The summed E-state index contributed by atoms with van der Waals surface area (Å²) in [6.45, 7) is 3.37. The van der Waals surface area contributed by atoms with Crippen LogP contribution in [0.1, 0.15) is 24.2 Å². The molecule has 17 heavy (non-hydrogen) atoms. The first-order chi connectivity index (χ1) is 8.01. The van der Waals surface area contributed by atoms with Gasteiger partial charge in [-0.05, 0) is 13.8 Å². The van der Waals surface area contributed by atoms with Crippen LogP contribution >= 0.6 is 0 Å². The lowest BCUT2D eigenvalue weighted by molar-refractivity contribution is -0.385. The lowest BCUT2D eigenvalue weighted by atomic mass is 10.1. The SMILES string of the molecule is CCOc1cc([N+](=O)[O-])c(C(C)=O)cc1OC. The summed E-state index contributed by atoms with van der Waals surface area (Å²) in [6.07, 6.45) is 0. The first-order valence-electron chi connectivity index (χ1n) is 5.01. The predicted octanol–water partition coefficient (Wildman–Crippen LogP) is 2.20. The van der Waals surface area contributed by atoms with Crippen molar-refractivity contribution >= 4 is 11.5 Å². The van der Waals surface area contributed by atoms with Gasteiger partial charge in [-0.25, -0.2) is 0 Å². The quantitative estimate of drug-likeness (QED) is 0.447. The highest BCUT2D eigenvalue weighted by molar-refractivity contribution is 5.98. The first-order valence-corrected chi connectivity index (χ1v) is 5.01.